The Bertz CT molecular complexity index is 1480. The summed E-state index contributed by atoms with van der Waals surface area (Å²) in [6.45, 7) is 3.83. The molecule has 0 aliphatic carbocycles. The Labute approximate surface area is 230 Å². The number of morpholine rings is 1. The van der Waals surface area contributed by atoms with Gasteiger partial charge in [-0.1, -0.05) is 41.9 Å². The summed E-state index contributed by atoms with van der Waals surface area (Å²) < 4.78 is 11.6. The first-order valence-corrected chi connectivity index (χ1v) is 13.2. The van der Waals surface area contributed by atoms with Gasteiger partial charge in [0.05, 0.1) is 29.3 Å². The summed E-state index contributed by atoms with van der Waals surface area (Å²) in [5, 5.41) is 3.71. The van der Waals surface area contributed by atoms with Crippen LogP contribution in [0.25, 0.3) is 22.6 Å². The molecule has 1 aliphatic heterocycles. The second kappa shape index (κ2) is 11.5. The number of benzene rings is 3. The van der Waals surface area contributed by atoms with Gasteiger partial charge in [0.2, 0.25) is 0 Å². The molecule has 5 aromatic rings. The van der Waals surface area contributed by atoms with Crippen LogP contribution in [0.15, 0.2) is 72.1 Å². The SMILES string of the molecule is Cl.Clc1ccc(OCc2ccccc2)c(Cc2nc(-c3nc4cc(N5CCOCC5)ccc4[nH]3)cs2)c1. The van der Waals surface area contributed by atoms with E-state index in [4.69, 9.17) is 31.0 Å². The molecule has 1 aliphatic rings. The van der Waals surface area contributed by atoms with E-state index in [0.717, 1.165) is 70.7 Å². The lowest BCUT2D eigenvalue weighted by molar-refractivity contribution is 0.122. The molecule has 37 heavy (non-hydrogen) atoms. The Morgan fingerprint density at radius 1 is 1.00 bits per heavy atom. The fourth-order valence-corrected chi connectivity index (χ4v) is 5.36. The van der Waals surface area contributed by atoms with Crippen LogP contribution in [0, 0.1) is 0 Å². The van der Waals surface area contributed by atoms with Gasteiger partial charge in [0, 0.05) is 41.2 Å². The molecule has 2 aromatic heterocycles. The summed E-state index contributed by atoms with van der Waals surface area (Å²) in [5.74, 6) is 1.60. The van der Waals surface area contributed by atoms with Gasteiger partial charge in [-0.2, -0.15) is 0 Å². The first kappa shape index (κ1) is 25.5. The van der Waals surface area contributed by atoms with Crippen molar-refractivity contribution in [1.29, 1.82) is 0 Å². The monoisotopic (exact) mass is 552 g/mol. The molecule has 1 N–H and O–H groups in total. The van der Waals surface area contributed by atoms with Crippen molar-refractivity contribution in [1.82, 2.24) is 15.0 Å². The number of aromatic nitrogens is 3. The van der Waals surface area contributed by atoms with Gasteiger partial charge in [0.1, 0.15) is 18.1 Å². The van der Waals surface area contributed by atoms with Gasteiger partial charge < -0.3 is 19.4 Å². The standard InChI is InChI=1S/C28H25ClN4O2S.ClH/c29-21-6-9-26(35-17-19-4-2-1-3-5-19)20(14-21)15-27-30-25(18-36-27)28-31-23-8-7-22(16-24(23)32-28)33-10-12-34-13-11-33;/h1-9,14,16,18H,10-13,15,17H2,(H,31,32);1H. The number of hydrogen-bond acceptors (Lipinski definition) is 6. The minimum absolute atomic E-state index is 0. The number of ether oxygens (including phenoxy) is 2. The maximum atomic E-state index is 6.32. The lowest BCUT2D eigenvalue weighted by Crippen LogP contribution is -2.36. The number of fused-ring (bicyclic) bond motifs is 1. The molecular weight excluding hydrogens is 527 g/mol. The zero-order valence-corrected chi connectivity index (χ0v) is 22.4. The van der Waals surface area contributed by atoms with Crippen LogP contribution >= 0.6 is 35.3 Å². The van der Waals surface area contributed by atoms with Crippen molar-refractivity contribution in [3.63, 3.8) is 0 Å². The molecule has 3 aromatic carbocycles. The number of thiazole rings is 1. The minimum atomic E-state index is 0. The largest absolute Gasteiger partial charge is 0.489 e. The Balaban J connectivity index is 0.00000280. The van der Waals surface area contributed by atoms with E-state index in [2.05, 4.69) is 40.2 Å². The lowest BCUT2D eigenvalue weighted by atomic mass is 10.1. The van der Waals surface area contributed by atoms with E-state index >= 15 is 0 Å². The quantitative estimate of drug-likeness (QED) is 0.241. The number of nitrogens with one attached hydrogen (secondary N) is 1. The van der Waals surface area contributed by atoms with E-state index < -0.39 is 0 Å². The topological polar surface area (TPSA) is 63.3 Å². The van der Waals surface area contributed by atoms with Crippen molar-refractivity contribution < 1.29 is 9.47 Å². The van der Waals surface area contributed by atoms with E-state index in [1.165, 1.54) is 5.69 Å². The second-order valence-corrected chi connectivity index (χ2v) is 10.1. The predicted octanol–water partition coefficient (Wildman–Crippen LogP) is 6.77. The van der Waals surface area contributed by atoms with Crippen LogP contribution in [0.4, 0.5) is 5.69 Å². The zero-order valence-electron chi connectivity index (χ0n) is 20.0. The van der Waals surface area contributed by atoms with Crippen molar-refractivity contribution in [3.05, 3.63) is 93.3 Å². The van der Waals surface area contributed by atoms with Crippen LogP contribution in [-0.2, 0) is 17.8 Å². The van der Waals surface area contributed by atoms with Crippen LogP contribution in [0.1, 0.15) is 16.1 Å². The fraction of sp³-hybridized carbons (Fsp3) is 0.214. The highest BCUT2D eigenvalue weighted by molar-refractivity contribution is 7.10. The normalized spacial score (nSPS) is 13.5. The van der Waals surface area contributed by atoms with Crippen molar-refractivity contribution in [2.45, 2.75) is 13.0 Å². The molecule has 6 nitrogen and oxygen atoms in total. The van der Waals surface area contributed by atoms with Gasteiger partial charge in [-0.3, -0.25) is 0 Å². The predicted molar refractivity (Wildman–Crippen MR) is 153 cm³/mol. The third kappa shape index (κ3) is 5.91. The molecule has 190 valence electrons. The van der Waals surface area contributed by atoms with Gasteiger partial charge >= 0.3 is 0 Å². The molecule has 0 unspecified atom stereocenters. The molecule has 6 rings (SSSR count). The number of H-pyrrole nitrogens is 1. The van der Waals surface area contributed by atoms with Crippen molar-refractivity contribution in [3.8, 4) is 17.3 Å². The van der Waals surface area contributed by atoms with Crippen LogP contribution in [0.2, 0.25) is 5.02 Å². The van der Waals surface area contributed by atoms with Gasteiger partial charge in [0.25, 0.3) is 0 Å². The van der Waals surface area contributed by atoms with Crippen LogP contribution in [0.3, 0.4) is 0 Å². The van der Waals surface area contributed by atoms with E-state index in [1.54, 1.807) is 11.3 Å². The molecule has 9 heteroatoms. The summed E-state index contributed by atoms with van der Waals surface area (Å²) in [5.41, 5.74) is 6.09. The summed E-state index contributed by atoms with van der Waals surface area (Å²) >= 11 is 7.93. The van der Waals surface area contributed by atoms with Crippen molar-refractivity contribution in [2.24, 2.45) is 0 Å². The number of aromatic amines is 1. The molecule has 0 saturated carbocycles. The smallest absolute Gasteiger partial charge is 0.158 e. The first-order valence-electron chi connectivity index (χ1n) is 11.9. The number of imidazole rings is 1. The van der Waals surface area contributed by atoms with E-state index in [1.807, 2.05) is 41.8 Å². The molecule has 0 radical (unpaired) electrons. The van der Waals surface area contributed by atoms with Crippen LogP contribution in [0.5, 0.6) is 5.75 Å². The van der Waals surface area contributed by atoms with E-state index in [-0.39, 0.29) is 12.4 Å². The summed E-state index contributed by atoms with van der Waals surface area (Å²) in [7, 11) is 0. The number of rotatable bonds is 7. The average molecular weight is 554 g/mol. The Morgan fingerprint density at radius 3 is 2.68 bits per heavy atom. The molecule has 1 saturated heterocycles. The number of anilines is 1. The Morgan fingerprint density at radius 2 is 1.84 bits per heavy atom. The van der Waals surface area contributed by atoms with E-state index in [9.17, 15) is 0 Å². The maximum Gasteiger partial charge on any atom is 0.158 e. The van der Waals surface area contributed by atoms with Crippen molar-refractivity contribution in [2.75, 3.05) is 31.2 Å². The van der Waals surface area contributed by atoms with Crippen LogP contribution in [-0.4, -0.2) is 41.3 Å². The third-order valence-corrected chi connectivity index (χ3v) is 7.32. The van der Waals surface area contributed by atoms with Crippen molar-refractivity contribution >= 4 is 52.1 Å². The molecule has 0 amide bonds. The highest BCUT2D eigenvalue weighted by Gasteiger charge is 2.15. The highest BCUT2D eigenvalue weighted by atomic mass is 35.5. The van der Waals surface area contributed by atoms with E-state index in [0.29, 0.717) is 18.1 Å². The van der Waals surface area contributed by atoms with Gasteiger partial charge in [0.15, 0.2) is 5.82 Å². The zero-order chi connectivity index (χ0) is 24.3. The lowest BCUT2D eigenvalue weighted by Gasteiger charge is -2.28. The molecule has 0 atom stereocenters. The molecule has 0 spiro atoms. The number of hydrogen-bond donors (Lipinski definition) is 1. The Kier molecular flexibility index (Phi) is 7.96. The summed E-state index contributed by atoms with van der Waals surface area (Å²) in [4.78, 5) is 15.5. The highest BCUT2D eigenvalue weighted by Crippen LogP contribution is 2.30. The van der Waals surface area contributed by atoms with Gasteiger partial charge in [-0.15, -0.1) is 23.7 Å². The fourth-order valence-electron chi connectivity index (χ4n) is 4.36. The molecule has 1 fully saturated rings. The first-order chi connectivity index (χ1) is 17.7. The third-order valence-electron chi connectivity index (χ3n) is 6.24. The number of nitrogens with zero attached hydrogens (tertiary/aromatic N) is 3. The Hall–Kier alpha value is -3.10. The summed E-state index contributed by atoms with van der Waals surface area (Å²) in [6.07, 6.45) is 0.636. The van der Waals surface area contributed by atoms with Gasteiger partial charge in [-0.25, -0.2) is 9.97 Å². The van der Waals surface area contributed by atoms with Gasteiger partial charge in [-0.05, 0) is 42.0 Å². The number of halogens is 2. The second-order valence-electron chi connectivity index (χ2n) is 8.72. The van der Waals surface area contributed by atoms with Crippen LogP contribution < -0.4 is 9.64 Å². The molecular formula is C28H26Cl2N4O2S. The molecule has 0 bridgehead atoms. The maximum absolute atomic E-state index is 6.32. The minimum Gasteiger partial charge on any atom is -0.489 e. The summed E-state index contributed by atoms with van der Waals surface area (Å²) in [6, 6.07) is 22.2. The average Bonchev–Trinajstić information content (AvgIpc) is 3.56. The molecule has 3 heterocycles.